The molecule has 0 atom stereocenters. The monoisotopic (exact) mass is 1140 g/mol. The van der Waals surface area contributed by atoms with Crippen molar-refractivity contribution >= 4 is 28.9 Å². The first-order valence-electron chi connectivity index (χ1n) is 33.9. The number of Topliss-reactive ketones (excluding diaryl/α,β-unsaturated/α-hetero) is 5. The van der Waals surface area contributed by atoms with Crippen LogP contribution in [0.3, 0.4) is 0 Å². The zero-order valence-corrected chi connectivity index (χ0v) is 55.5. The van der Waals surface area contributed by atoms with Crippen LogP contribution in [0.1, 0.15) is 230 Å². The van der Waals surface area contributed by atoms with Gasteiger partial charge in [-0.15, -0.1) is 0 Å². The Balaban J connectivity index is 0.000000506. The molecule has 5 fully saturated rings. The summed E-state index contributed by atoms with van der Waals surface area (Å²) in [6.45, 7) is 45.3. The van der Waals surface area contributed by atoms with Crippen molar-refractivity contribution in [3.05, 3.63) is 0 Å². The van der Waals surface area contributed by atoms with E-state index in [0.717, 1.165) is 155 Å². The number of carbonyl (C=O) groups is 5. The molecule has 0 aromatic heterocycles. The van der Waals surface area contributed by atoms with Crippen molar-refractivity contribution < 1.29 is 28.7 Å². The molecular formula is C68H133N7O6. The summed E-state index contributed by atoms with van der Waals surface area (Å²) in [6, 6.07) is 0. The molecule has 0 unspecified atom stereocenters. The van der Waals surface area contributed by atoms with Crippen LogP contribution < -0.4 is 0 Å². The van der Waals surface area contributed by atoms with Gasteiger partial charge in [-0.2, -0.15) is 0 Å². The highest BCUT2D eigenvalue weighted by Gasteiger charge is 2.17. The summed E-state index contributed by atoms with van der Waals surface area (Å²) in [5.41, 5.74) is 0. The third-order valence-corrected chi connectivity index (χ3v) is 16.0. The van der Waals surface area contributed by atoms with Gasteiger partial charge in [0.05, 0.1) is 13.2 Å². The first-order valence-corrected chi connectivity index (χ1v) is 33.9. The van der Waals surface area contributed by atoms with Crippen LogP contribution in [0.25, 0.3) is 0 Å². The molecule has 0 spiro atoms. The normalized spacial score (nSPS) is 18.4. The van der Waals surface area contributed by atoms with Gasteiger partial charge in [-0.3, -0.25) is 28.9 Å². The topological polar surface area (TPSA) is 117 Å². The number of unbranched alkanes of at least 4 members (excludes halogenated alkanes) is 4. The highest BCUT2D eigenvalue weighted by molar-refractivity contribution is 5.80. The average Bonchev–Trinajstić information content (AvgIpc) is 3.41. The van der Waals surface area contributed by atoms with Gasteiger partial charge >= 0.3 is 0 Å². The molecule has 476 valence electrons. The standard InChI is InChI=1S/C14H28N2O.2C14H27NO.C13H26N2O.C13H25NO2/c1-13(2)12-14(17)6-4-5-7-16-10-8-15(3)9-11-16;2*1-13(2)12-14(16)8-4-7-11-15-9-5-3-6-10-15;1-12(2)11-13(16)5-4-6-15-9-7-14(3)8-10-15;1-12(2)11-13(15)5-3-4-6-14-7-9-16-10-8-14/h13H,4-12H2,1-3H3;2*13H,3-12H2,1-2H3;12H,4-11H2,1-3H3;12H,3-11H2,1-2H3. The first kappa shape index (κ1) is 77.0. The number of nitrogens with zero attached hydrogens (tertiary/aromatic N) is 7. The zero-order chi connectivity index (χ0) is 60.0. The fourth-order valence-electron chi connectivity index (χ4n) is 11.3. The Hall–Kier alpha value is -1.97. The Labute approximate surface area is 500 Å². The number of piperidine rings is 2. The maximum Gasteiger partial charge on any atom is 0.133 e. The maximum absolute atomic E-state index is 11.5. The van der Waals surface area contributed by atoms with E-state index in [9.17, 15) is 24.0 Å². The lowest BCUT2D eigenvalue weighted by Gasteiger charge is -2.32. The van der Waals surface area contributed by atoms with Crippen molar-refractivity contribution in [2.75, 3.05) is 152 Å². The first-order chi connectivity index (χ1) is 38.7. The van der Waals surface area contributed by atoms with Gasteiger partial charge in [0.2, 0.25) is 0 Å². The van der Waals surface area contributed by atoms with E-state index in [0.29, 0.717) is 58.5 Å². The Morgan fingerprint density at radius 3 is 0.765 bits per heavy atom. The van der Waals surface area contributed by atoms with Gasteiger partial charge in [-0.1, -0.05) is 82.1 Å². The van der Waals surface area contributed by atoms with E-state index in [1.165, 1.54) is 143 Å². The number of rotatable bonds is 34. The van der Waals surface area contributed by atoms with Gasteiger partial charge in [0.25, 0.3) is 0 Å². The minimum atomic E-state index is 0.428. The van der Waals surface area contributed by atoms with Gasteiger partial charge in [0, 0.05) is 130 Å². The Bertz CT molecular complexity index is 1440. The largest absolute Gasteiger partial charge is 0.379 e. The number of ether oxygens (including phenoxy) is 1. The summed E-state index contributed by atoms with van der Waals surface area (Å²) in [7, 11) is 4.35. The van der Waals surface area contributed by atoms with Gasteiger partial charge < -0.3 is 34.1 Å². The molecule has 0 aromatic rings. The van der Waals surface area contributed by atoms with Crippen LogP contribution in [-0.4, -0.2) is 215 Å². The second-order valence-electron chi connectivity index (χ2n) is 27.2. The number of likely N-dealkylation sites (tertiary alicyclic amines) is 2. The SMILES string of the molecule is CC(C)CC(=O)CCCCN1CCCCC1.CC(C)CC(=O)CCCCN1CCCCC1.CC(C)CC(=O)CCCCN1CCN(C)CC1.CC(C)CC(=O)CCCCN1CCOCC1.CC(C)CC(=O)CCCN1CCN(C)CC1. The molecule has 13 nitrogen and oxygen atoms in total. The zero-order valence-electron chi connectivity index (χ0n) is 55.5. The molecule has 5 aliphatic heterocycles. The van der Waals surface area contributed by atoms with E-state index in [-0.39, 0.29) is 0 Å². The molecule has 5 rings (SSSR count). The molecule has 5 aliphatic rings. The summed E-state index contributed by atoms with van der Waals surface area (Å²) in [5.74, 6) is 4.79. The number of morpholine rings is 1. The third kappa shape index (κ3) is 48.9. The number of hydrogen-bond acceptors (Lipinski definition) is 13. The molecule has 81 heavy (non-hydrogen) atoms. The lowest BCUT2D eigenvalue weighted by atomic mass is 10.0. The maximum atomic E-state index is 11.5. The van der Waals surface area contributed by atoms with E-state index in [2.05, 4.69) is 118 Å². The molecule has 0 aliphatic carbocycles. The molecule has 0 amide bonds. The van der Waals surface area contributed by atoms with Crippen LogP contribution in [0.15, 0.2) is 0 Å². The van der Waals surface area contributed by atoms with Crippen molar-refractivity contribution in [1.29, 1.82) is 0 Å². The number of likely N-dealkylation sites (N-methyl/N-ethyl adjacent to an activating group) is 2. The average molecular weight is 1140 g/mol. The summed E-state index contributed by atoms with van der Waals surface area (Å²) in [4.78, 5) is 74.8. The minimum Gasteiger partial charge on any atom is -0.379 e. The van der Waals surface area contributed by atoms with Crippen LogP contribution in [0.5, 0.6) is 0 Å². The molecule has 0 saturated carbocycles. The van der Waals surface area contributed by atoms with E-state index >= 15 is 0 Å². The molecule has 0 aromatic carbocycles. The van der Waals surface area contributed by atoms with E-state index < -0.39 is 0 Å². The predicted octanol–water partition coefficient (Wildman–Crippen LogP) is 12.3. The lowest BCUT2D eigenvalue weighted by molar-refractivity contribution is -0.120. The number of piperazine rings is 2. The van der Waals surface area contributed by atoms with Crippen LogP contribution >= 0.6 is 0 Å². The van der Waals surface area contributed by atoms with Crippen molar-refractivity contribution in [3.8, 4) is 0 Å². The smallest absolute Gasteiger partial charge is 0.133 e. The minimum absolute atomic E-state index is 0.428. The van der Waals surface area contributed by atoms with E-state index in [4.69, 9.17) is 4.74 Å². The molecular weight excluding hydrogens is 1010 g/mol. The number of ketones is 5. The van der Waals surface area contributed by atoms with Crippen LogP contribution in [0.2, 0.25) is 0 Å². The highest BCUT2D eigenvalue weighted by Crippen LogP contribution is 2.15. The number of carbonyl (C=O) groups excluding carboxylic acids is 5. The van der Waals surface area contributed by atoms with Crippen LogP contribution in [0, 0.1) is 29.6 Å². The van der Waals surface area contributed by atoms with E-state index in [1.54, 1.807) is 0 Å². The van der Waals surface area contributed by atoms with Crippen LogP contribution in [0.4, 0.5) is 0 Å². The Morgan fingerprint density at radius 2 is 0.506 bits per heavy atom. The lowest BCUT2D eigenvalue weighted by Crippen LogP contribution is -2.44. The van der Waals surface area contributed by atoms with Crippen molar-refractivity contribution in [3.63, 3.8) is 0 Å². The van der Waals surface area contributed by atoms with Gasteiger partial charge in [-0.05, 0) is 186 Å². The van der Waals surface area contributed by atoms with Gasteiger partial charge in [-0.25, -0.2) is 0 Å². The summed E-state index contributed by atoms with van der Waals surface area (Å²) < 4.78 is 5.29. The molecule has 0 radical (unpaired) electrons. The fourth-order valence-corrected chi connectivity index (χ4v) is 11.3. The predicted molar refractivity (Wildman–Crippen MR) is 343 cm³/mol. The highest BCUT2D eigenvalue weighted by atomic mass is 16.5. The second-order valence-corrected chi connectivity index (χ2v) is 27.2. The third-order valence-electron chi connectivity index (χ3n) is 16.0. The molecule has 0 N–H and O–H groups in total. The van der Waals surface area contributed by atoms with Crippen molar-refractivity contribution in [2.45, 2.75) is 230 Å². The fraction of sp³-hybridized carbons (Fsp3) is 0.926. The second kappa shape index (κ2) is 50.2. The Morgan fingerprint density at radius 1 is 0.284 bits per heavy atom. The van der Waals surface area contributed by atoms with Gasteiger partial charge in [0.15, 0.2) is 0 Å². The van der Waals surface area contributed by atoms with Crippen molar-refractivity contribution in [2.24, 2.45) is 29.6 Å². The van der Waals surface area contributed by atoms with Gasteiger partial charge in [0.1, 0.15) is 28.9 Å². The van der Waals surface area contributed by atoms with E-state index in [1.807, 2.05) is 0 Å². The summed E-state index contributed by atoms with van der Waals surface area (Å²) in [6.07, 6.45) is 26.0. The molecule has 0 bridgehead atoms. The molecule has 5 heterocycles. The van der Waals surface area contributed by atoms with Crippen LogP contribution in [-0.2, 0) is 28.7 Å². The quantitative estimate of drug-likeness (QED) is 0.0570. The Kier molecular flexibility index (Phi) is 47.8. The molecule has 13 heteroatoms. The van der Waals surface area contributed by atoms with Crippen molar-refractivity contribution in [1.82, 2.24) is 34.3 Å². The molecule has 5 saturated heterocycles. The number of hydrogen-bond donors (Lipinski definition) is 0. The summed E-state index contributed by atoms with van der Waals surface area (Å²) >= 11 is 0. The summed E-state index contributed by atoms with van der Waals surface area (Å²) in [5, 5.41) is 0.